The second-order valence-corrected chi connectivity index (χ2v) is 7.34. The molecule has 6 heteroatoms. The molecule has 0 unspecified atom stereocenters. The van der Waals surface area contributed by atoms with Crippen molar-refractivity contribution in [1.82, 2.24) is 0 Å². The minimum absolute atomic E-state index is 0.0400. The third-order valence-electron chi connectivity index (χ3n) is 2.81. The molecule has 0 saturated heterocycles. The van der Waals surface area contributed by atoms with E-state index in [1.807, 2.05) is 0 Å². The van der Waals surface area contributed by atoms with E-state index in [1.54, 1.807) is 18.2 Å². The summed E-state index contributed by atoms with van der Waals surface area (Å²) in [6.07, 6.45) is 0. The molecule has 2 aromatic carbocycles. The molecule has 0 aliphatic carbocycles. The van der Waals surface area contributed by atoms with Crippen LogP contribution in [0, 0.1) is 5.82 Å². The molecule has 0 fully saturated rings. The molecule has 0 aromatic heterocycles. The number of benzene rings is 2. The highest BCUT2D eigenvalue weighted by Gasteiger charge is 2.17. The standard InChI is InChI=1S/C15H11Cl2FO2S/c1-10(11-6-12(16)8-13(17)7-11)9-21(19,20)15-4-2-14(18)3-5-15/h2-8H,1,9H2. The van der Waals surface area contributed by atoms with E-state index in [0.717, 1.165) is 12.1 Å². The van der Waals surface area contributed by atoms with E-state index < -0.39 is 15.7 Å². The van der Waals surface area contributed by atoms with Gasteiger partial charge in [0.2, 0.25) is 0 Å². The first-order valence-electron chi connectivity index (χ1n) is 5.90. The van der Waals surface area contributed by atoms with Crippen molar-refractivity contribution in [3.8, 4) is 0 Å². The molecular formula is C15H11Cl2FO2S. The van der Waals surface area contributed by atoms with Gasteiger partial charge in [-0.15, -0.1) is 0 Å². The fourth-order valence-electron chi connectivity index (χ4n) is 1.80. The van der Waals surface area contributed by atoms with Gasteiger partial charge in [-0.25, -0.2) is 12.8 Å². The molecule has 0 bridgehead atoms. The summed E-state index contributed by atoms with van der Waals surface area (Å²) >= 11 is 11.8. The van der Waals surface area contributed by atoms with E-state index in [-0.39, 0.29) is 10.6 Å². The van der Waals surface area contributed by atoms with E-state index in [1.165, 1.54) is 12.1 Å². The molecule has 0 heterocycles. The van der Waals surface area contributed by atoms with Crippen molar-refractivity contribution in [1.29, 1.82) is 0 Å². The maximum atomic E-state index is 12.8. The maximum absolute atomic E-state index is 12.8. The van der Waals surface area contributed by atoms with Crippen molar-refractivity contribution >= 4 is 38.6 Å². The van der Waals surface area contributed by atoms with Crippen molar-refractivity contribution in [2.45, 2.75) is 4.90 Å². The molecule has 2 aromatic rings. The van der Waals surface area contributed by atoms with Crippen molar-refractivity contribution in [3.05, 3.63) is 70.5 Å². The van der Waals surface area contributed by atoms with Gasteiger partial charge in [-0.2, -0.15) is 0 Å². The second kappa shape index (κ2) is 6.18. The monoisotopic (exact) mass is 344 g/mol. The highest BCUT2D eigenvalue weighted by atomic mass is 35.5. The molecule has 2 nitrogen and oxygen atoms in total. The lowest BCUT2D eigenvalue weighted by Crippen LogP contribution is -2.08. The van der Waals surface area contributed by atoms with Gasteiger partial charge < -0.3 is 0 Å². The smallest absolute Gasteiger partial charge is 0.182 e. The van der Waals surface area contributed by atoms with Gasteiger partial charge in [0.25, 0.3) is 0 Å². The predicted octanol–water partition coefficient (Wildman–Crippen LogP) is 4.62. The summed E-state index contributed by atoms with van der Waals surface area (Å²) in [7, 11) is -3.60. The molecule has 0 aliphatic heterocycles. The summed E-state index contributed by atoms with van der Waals surface area (Å²) in [5.74, 6) is -0.788. The maximum Gasteiger partial charge on any atom is 0.182 e. The van der Waals surface area contributed by atoms with Crippen LogP contribution in [0.15, 0.2) is 53.9 Å². The highest BCUT2D eigenvalue weighted by molar-refractivity contribution is 7.91. The molecule has 2 rings (SSSR count). The van der Waals surface area contributed by atoms with Crippen LogP contribution in [-0.4, -0.2) is 14.2 Å². The fraction of sp³-hybridized carbons (Fsp3) is 0.0667. The summed E-state index contributed by atoms with van der Waals surface area (Å²) in [6.45, 7) is 3.76. The number of hydrogen-bond acceptors (Lipinski definition) is 2. The Labute approximate surface area is 132 Å². The minimum atomic E-state index is -3.60. The Hall–Kier alpha value is -1.36. The van der Waals surface area contributed by atoms with Crippen LogP contribution in [0.25, 0.3) is 5.57 Å². The molecule has 0 aliphatic rings. The molecule has 0 radical (unpaired) electrons. The van der Waals surface area contributed by atoms with Crippen LogP contribution in [-0.2, 0) is 9.84 Å². The zero-order valence-electron chi connectivity index (χ0n) is 10.8. The van der Waals surface area contributed by atoms with Crippen LogP contribution in [0.2, 0.25) is 10.0 Å². The number of sulfone groups is 1. The zero-order chi connectivity index (χ0) is 15.6. The SMILES string of the molecule is C=C(CS(=O)(=O)c1ccc(F)cc1)c1cc(Cl)cc(Cl)c1. The largest absolute Gasteiger partial charge is 0.223 e. The Morgan fingerprint density at radius 3 is 2.10 bits per heavy atom. The normalized spacial score (nSPS) is 11.4. The van der Waals surface area contributed by atoms with Crippen LogP contribution in [0.1, 0.15) is 5.56 Å². The first-order chi connectivity index (χ1) is 9.78. The zero-order valence-corrected chi connectivity index (χ0v) is 13.1. The van der Waals surface area contributed by atoms with Gasteiger partial charge in [-0.3, -0.25) is 0 Å². The third kappa shape index (κ3) is 4.06. The fourth-order valence-corrected chi connectivity index (χ4v) is 3.66. The predicted molar refractivity (Wildman–Crippen MR) is 83.9 cm³/mol. The Balaban J connectivity index is 2.27. The van der Waals surface area contributed by atoms with E-state index >= 15 is 0 Å². The lowest BCUT2D eigenvalue weighted by atomic mass is 10.1. The van der Waals surface area contributed by atoms with Gasteiger partial charge in [0.1, 0.15) is 5.82 Å². The van der Waals surface area contributed by atoms with Gasteiger partial charge in [0.15, 0.2) is 9.84 Å². The number of hydrogen-bond donors (Lipinski definition) is 0. The van der Waals surface area contributed by atoms with Crippen molar-refractivity contribution in [3.63, 3.8) is 0 Å². The lowest BCUT2D eigenvalue weighted by Gasteiger charge is -2.09. The summed E-state index contributed by atoms with van der Waals surface area (Å²) < 4.78 is 37.3. The number of rotatable bonds is 4. The summed E-state index contributed by atoms with van der Waals surface area (Å²) in [6, 6.07) is 9.39. The van der Waals surface area contributed by atoms with Gasteiger partial charge in [0, 0.05) is 10.0 Å². The van der Waals surface area contributed by atoms with E-state index in [2.05, 4.69) is 6.58 Å². The average Bonchev–Trinajstić information content (AvgIpc) is 2.37. The van der Waals surface area contributed by atoms with Gasteiger partial charge in [0.05, 0.1) is 10.6 Å². The third-order valence-corrected chi connectivity index (χ3v) is 4.96. The average molecular weight is 345 g/mol. The molecule has 0 amide bonds. The van der Waals surface area contributed by atoms with Crippen molar-refractivity contribution < 1.29 is 12.8 Å². The lowest BCUT2D eigenvalue weighted by molar-refractivity contribution is 0.598. The van der Waals surface area contributed by atoms with Crippen molar-refractivity contribution in [2.24, 2.45) is 0 Å². The summed E-state index contributed by atoms with van der Waals surface area (Å²) in [5, 5.41) is 0.802. The minimum Gasteiger partial charge on any atom is -0.223 e. The molecular weight excluding hydrogens is 334 g/mol. The Morgan fingerprint density at radius 2 is 1.57 bits per heavy atom. The van der Waals surface area contributed by atoms with Crippen LogP contribution in [0.5, 0.6) is 0 Å². The first kappa shape index (κ1) is 16.0. The van der Waals surface area contributed by atoms with E-state index in [4.69, 9.17) is 23.2 Å². The van der Waals surface area contributed by atoms with Crippen molar-refractivity contribution in [2.75, 3.05) is 5.75 Å². The van der Waals surface area contributed by atoms with Gasteiger partial charge in [-0.05, 0) is 53.6 Å². The quantitative estimate of drug-likeness (QED) is 0.758. The van der Waals surface area contributed by atoms with Crippen LogP contribution < -0.4 is 0 Å². The summed E-state index contributed by atoms with van der Waals surface area (Å²) in [5.41, 5.74) is 0.918. The van der Waals surface area contributed by atoms with Gasteiger partial charge >= 0.3 is 0 Å². The summed E-state index contributed by atoms with van der Waals surface area (Å²) in [4.78, 5) is 0.0400. The van der Waals surface area contributed by atoms with E-state index in [0.29, 0.717) is 21.2 Å². The first-order valence-corrected chi connectivity index (χ1v) is 8.31. The topological polar surface area (TPSA) is 34.1 Å². The molecule has 0 N–H and O–H groups in total. The number of halogens is 3. The Kier molecular flexibility index (Phi) is 4.71. The Morgan fingerprint density at radius 1 is 1.05 bits per heavy atom. The Bertz CT molecular complexity index is 764. The highest BCUT2D eigenvalue weighted by Crippen LogP contribution is 2.25. The van der Waals surface area contributed by atoms with Crippen LogP contribution in [0.4, 0.5) is 4.39 Å². The van der Waals surface area contributed by atoms with E-state index in [9.17, 15) is 12.8 Å². The van der Waals surface area contributed by atoms with Gasteiger partial charge in [-0.1, -0.05) is 29.8 Å². The molecule has 0 atom stereocenters. The molecule has 110 valence electrons. The second-order valence-electron chi connectivity index (χ2n) is 4.47. The van der Waals surface area contributed by atoms with Crippen LogP contribution in [0.3, 0.4) is 0 Å². The molecule has 0 spiro atoms. The molecule has 21 heavy (non-hydrogen) atoms. The molecule has 0 saturated carbocycles. The van der Waals surface area contributed by atoms with Crippen LogP contribution >= 0.6 is 23.2 Å².